The van der Waals surface area contributed by atoms with Gasteiger partial charge in [0.2, 0.25) is 0 Å². The molecule has 1 N–H and O–H groups in total. The lowest BCUT2D eigenvalue weighted by Gasteiger charge is -2.38. The molecule has 3 unspecified atom stereocenters. The molecule has 0 bridgehead atoms. The van der Waals surface area contributed by atoms with Gasteiger partial charge in [-0.05, 0) is 44.0 Å². The van der Waals surface area contributed by atoms with Crippen molar-refractivity contribution in [3.8, 4) is 0 Å². The molecular weight excluding hydrogens is 293 g/mol. The number of hydrogen-bond donors (Lipinski definition) is 1. The molecule has 6 heteroatoms. The summed E-state index contributed by atoms with van der Waals surface area (Å²) in [5.74, 6) is -0.206. The van der Waals surface area contributed by atoms with Crippen LogP contribution in [0.15, 0.2) is 18.2 Å². The molecule has 118 valence electrons. The Morgan fingerprint density at radius 2 is 2.10 bits per heavy atom. The number of nitrogens with zero attached hydrogens (tertiary/aromatic N) is 1. The monoisotopic (exact) mass is 315 g/mol. The first-order chi connectivity index (χ1) is 9.72. The van der Waals surface area contributed by atoms with E-state index in [-0.39, 0.29) is 17.6 Å². The third-order valence-corrected chi connectivity index (χ3v) is 6.76. The van der Waals surface area contributed by atoms with Crippen LogP contribution in [0, 0.1) is 12.7 Å². The summed E-state index contributed by atoms with van der Waals surface area (Å²) in [6.07, 6.45) is -0.749. The third kappa shape index (κ3) is 3.44. The zero-order valence-corrected chi connectivity index (χ0v) is 13.4. The first kappa shape index (κ1) is 16.4. The van der Waals surface area contributed by atoms with Crippen molar-refractivity contribution in [2.75, 3.05) is 18.8 Å². The number of aliphatic hydroxyl groups is 1. The molecule has 21 heavy (non-hydrogen) atoms. The van der Waals surface area contributed by atoms with Gasteiger partial charge >= 0.3 is 0 Å². The smallest absolute Gasteiger partial charge is 0.155 e. The first-order valence-corrected chi connectivity index (χ1v) is 8.83. The van der Waals surface area contributed by atoms with Crippen molar-refractivity contribution in [1.29, 1.82) is 0 Å². The molecule has 1 aliphatic rings. The zero-order chi connectivity index (χ0) is 15.8. The standard InChI is InChI=1S/C15H22FNO3S/c1-10-8-13(16)4-5-14(10)15(18)9-17-6-7-21(19,20)12(3)11(17)2/h4-5,8,11-12,15,18H,6-7,9H2,1-3H3. The van der Waals surface area contributed by atoms with Crippen molar-refractivity contribution in [1.82, 2.24) is 4.90 Å². The minimum absolute atomic E-state index is 0.119. The van der Waals surface area contributed by atoms with Crippen molar-refractivity contribution >= 4 is 9.84 Å². The van der Waals surface area contributed by atoms with Gasteiger partial charge < -0.3 is 5.11 Å². The minimum atomic E-state index is -3.03. The van der Waals surface area contributed by atoms with E-state index in [1.165, 1.54) is 12.1 Å². The van der Waals surface area contributed by atoms with Crippen molar-refractivity contribution in [2.45, 2.75) is 38.2 Å². The minimum Gasteiger partial charge on any atom is -0.387 e. The Hall–Kier alpha value is -0.980. The van der Waals surface area contributed by atoms with E-state index >= 15 is 0 Å². The number of sulfone groups is 1. The number of benzene rings is 1. The fraction of sp³-hybridized carbons (Fsp3) is 0.600. The van der Waals surface area contributed by atoms with Gasteiger partial charge in [-0.1, -0.05) is 6.07 Å². The van der Waals surface area contributed by atoms with Crippen LogP contribution in [0.3, 0.4) is 0 Å². The summed E-state index contributed by atoms with van der Waals surface area (Å²) in [6, 6.07) is 4.17. The zero-order valence-electron chi connectivity index (χ0n) is 12.6. The van der Waals surface area contributed by atoms with E-state index in [2.05, 4.69) is 0 Å². The van der Waals surface area contributed by atoms with Crippen molar-refractivity contribution in [3.63, 3.8) is 0 Å². The van der Waals surface area contributed by atoms with Gasteiger partial charge in [-0.15, -0.1) is 0 Å². The summed E-state index contributed by atoms with van der Waals surface area (Å²) in [4.78, 5) is 1.99. The summed E-state index contributed by atoms with van der Waals surface area (Å²) in [6.45, 7) is 6.11. The van der Waals surface area contributed by atoms with E-state index < -0.39 is 21.2 Å². The highest BCUT2D eigenvalue weighted by molar-refractivity contribution is 7.92. The molecule has 4 nitrogen and oxygen atoms in total. The number of hydrogen-bond acceptors (Lipinski definition) is 4. The number of β-amino-alcohol motifs (C(OH)–C–C–N with tert-alkyl or cyclic N) is 1. The van der Waals surface area contributed by atoms with Crippen molar-refractivity contribution < 1.29 is 17.9 Å². The summed E-state index contributed by atoms with van der Waals surface area (Å²) in [5.41, 5.74) is 1.39. The molecule has 0 amide bonds. The molecule has 1 heterocycles. The first-order valence-electron chi connectivity index (χ1n) is 7.12. The Labute approximate surface area is 125 Å². The number of aryl methyl sites for hydroxylation is 1. The largest absolute Gasteiger partial charge is 0.387 e. The average molecular weight is 315 g/mol. The van der Waals surface area contributed by atoms with Gasteiger partial charge in [-0.3, -0.25) is 4.90 Å². The average Bonchev–Trinajstić information content (AvgIpc) is 2.40. The summed E-state index contributed by atoms with van der Waals surface area (Å²) in [7, 11) is -3.03. The van der Waals surface area contributed by atoms with Gasteiger partial charge in [0.1, 0.15) is 5.82 Å². The molecule has 1 aromatic rings. The SMILES string of the molecule is Cc1cc(F)ccc1C(O)CN1CCS(=O)(=O)C(C)C1C. The molecule has 1 aliphatic heterocycles. The number of rotatable bonds is 3. The van der Waals surface area contributed by atoms with Crippen LogP contribution in [-0.2, 0) is 9.84 Å². The molecule has 0 radical (unpaired) electrons. The van der Waals surface area contributed by atoms with Crippen LogP contribution in [0.5, 0.6) is 0 Å². The molecule has 3 atom stereocenters. The third-order valence-electron chi connectivity index (χ3n) is 4.48. The lowest BCUT2D eigenvalue weighted by molar-refractivity contribution is 0.0905. The lowest BCUT2D eigenvalue weighted by atomic mass is 10.0. The van der Waals surface area contributed by atoms with Crippen LogP contribution >= 0.6 is 0 Å². The summed E-state index contributed by atoms with van der Waals surface area (Å²) < 4.78 is 36.8. The number of aliphatic hydroxyl groups excluding tert-OH is 1. The molecule has 0 aliphatic carbocycles. The predicted molar refractivity (Wildman–Crippen MR) is 80.4 cm³/mol. The Balaban J connectivity index is 2.11. The van der Waals surface area contributed by atoms with Crippen LogP contribution in [0.1, 0.15) is 31.1 Å². The molecule has 1 aromatic carbocycles. The highest BCUT2D eigenvalue weighted by Gasteiger charge is 2.36. The summed E-state index contributed by atoms with van der Waals surface area (Å²) >= 11 is 0. The van der Waals surface area contributed by atoms with Gasteiger partial charge in [-0.2, -0.15) is 0 Å². The predicted octanol–water partition coefficient (Wildman–Crippen LogP) is 1.67. The molecule has 0 spiro atoms. The molecule has 2 rings (SSSR count). The normalized spacial score (nSPS) is 27.5. The Kier molecular flexibility index (Phi) is 4.70. The van der Waals surface area contributed by atoms with Crippen LogP contribution in [0.25, 0.3) is 0 Å². The van der Waals surface area contributed by atoms with Crippen LogP contribution in [0.2, 0.25) is 0 Å². The van der Waals surface area contributed by atoms with Gasteiger partial charge in [-0.25, -0.2) is 12.8 Å². The van der Waals surface area contributed by atoms with E-state index in [1.807, 2.05) is 11.8 Å². The molecule has 0 aromatic heterocycles. The molecule has 1 saturated heterocycles. The maximum absolute atomic E-state index is 13.1. The molecular formula is C15H22FNO3S. The maximum atomic E-state index is 13.1. The van der Waals surface area contributed by atoms with Crippen LogP contribution in [0.4, 0.5) is 4.39 Å². The quantitative estimate of drug-likeness (QED) is 0.922. The van der Waals surface area contributed by atoms with Gasteiger partial charge in [0.15, 0.2) is 9.84 Å². The van der Waals surface area contributed by atoms with Crippen LogP contribution < -0.4 is 0 Å². The van der Waals surface area contributed by atoms with Crippen LogP contribution in [-0.4, -0.2) is 48.6 Å². The second kappa shape index (κ2) is 6.02. The fourth-order valence-electron chi connectivity index (χ4n) is 2.82. The van der Waals surface area contributed by atoms with Gasteiger partial charge in [0.05, 0.1) is 17.1 Å². The Bertz CT molecular complexity index is 617. The highest BCUT2D eigenvalue weighted by atomic mass is 32.2. The van der Waals surface area contributed by atoms with E-state index in [0.717, 1.165) is 0 Å². The Morgan fingerprint density at radius 3 is 2.71 bits per heavy atom. The van der Waals surface area contributed by atoms with Crippen molar-refractivity contribution in [2.24, 2.45) is 0 Å². The highest BCUT2D eigenvalue weighted by Crippen LogP contribution is 2.24. The van der Waals surface area contributed by atoms with E-state index in [0.29, 0.717) is 24.2 Å². The van der Waals surface area contributed by atoms with Gasteiger partial charge in [0, 0.05) is 19.1 Å². The van der Waals surface area contributed by atoms with E-state index in [9.17, 15) is 17.9 Å². The number of halogens is 1. The molecule has 1 fully saturated rings. The maximum Gasteiger partial charge on any atom is 0.155 e. The lowest BCUT2D eigenvalue weighted by Crippen LogP contribution is -2.53. The van der Waals surface area contributed by atoms with Gasteiger partial charge in [0.25, 0.3) is 0 Å². The van der Waals surface area contributed by atoms with Crippen molar-refractivity contribution in [3.05, 3.63) is 35.1 Å². The fourth-order valence-corrected chi connectivity index (χ4v) is 4.46. The topological polar surface area (TPSA) is 57.6 Å². The molecule has 0 saturated carbocycles. The van der Waals surface area contributed by atoms with E-state index in [4.69, 9.17) is 0 Å². The second-order valence-corrected chi connectivity index (χ2v) is 8.30. The van der Waals surface area contributed by atoms with E-state index in [1.54, 1.807) is 19.9 Å². The Morgan fingerprint density at radius 1 is 1.43 bits per heavy atom. The summed E-state index contributed by atoms with van der Waals surface area (Å²) in [5, 5.41) is 9.93. The second-order valence-electron chi connectivity index (χ2n) is 5.82.